The molecule has 0 aromatic heterocycles. The fraction of sp³-hybridized carbons (Fsp3) is 0.652. The molecule has 28 heavy (non-hydrogen) atoms. The number of nitrogens with two attached hydrogens (primary N) is 1. The molecule has 158 valence electrons. The number of amidine groups is 1. The molecule has 1 saturated carbocycles. The zero-order valence-electron chi connectivity index (χ0n) is 17.4. The van der Waals surface area contributed by atoms with Crippen molar-refractivity contribution in [2.45, 2.75) is 95.9 Å². The zero-order valence-corrected chi connectivity index (χ0v) is 18.2. The third-order valence-corrected chi connectivity index (χ3v) is 5.63. The van der Waals surface area contributed by atoms with E-state index in [0.29, 0.717) is 5.56 Å². The number of rotatable bonds is 14. The summed E-state index contributed by atoms with van der Waals surface area (Å²) in [4.78, 5) is 12.4. The lowest BCUT2D eigenvalue weighted by molar-refractivity contribution is 0.0943. The minimum absolute atomic E-state index is 0. The lowest BCUT2D eigenvalue weighted by atomic mass is 10.0. The summed E-state index contributed by atoms with van der Waals surface area (Å²) in [6.07, 6.45) is 15.9. The molecule has 1 aromatic rings. The summed E-state index contributed by atoms with van der Waals surface area (Å²) in [6, 6.07) is 7.88. The average molecular weight is 408 g/mol. The number of nitrogens with one attached hydrogen (secondary N) is 2. The molecular formula is C23H38ClN3O. The molecule has 4 nitrogen and oxygen atoms in total. The van der Waals surface area contributed by atoms with Gasteiger partial charge in [-0.05, 0) is 43.4 Å². The van der Waals surface area contributed by atoms with Crippen LogP contribution >= 0.6 is 12.4 Å². The molecule has 0 radical (unpaired) electrons. The second-order valence-corrected chi connectivity index (χ2v) is 8.08. The largest absolute Gasteiger partial charge is 0.386 e. The second kappa shape index (κ2) is 12.8. The monoisotopic (exact) mass is 407 g/mol. The van der Waals surface area contributed by atoms with Crippen LogP contribution in [0.3, 0.4) is 0 Å². The van der Waals surface area contributed by atoms with Crippen LogP contribution in [0.2, 0.25) is 0 Å². The van der Waals surface area contributed by atoms with E-state index in [0.717, 1.165) is 19.3 Å². The Morgan fingerprint density at radius 2 is 1.61 bits per heavy atom. The van der Waals surface area contributed by atoms with Gasteiger partial charge >= 0.3 is 0 Å². The summed E-state index contributed by atoms with van der Waals surface area (Å²) in [7, 11) is 0. The Morgan fingerprint density at radius 1 is 1.04 bits per heavy atom. The molecule has 2 rings (SSSR count). The lowest BCUT2D eigenvalue weighted by Crippen LogP contribution is -2.46. The van der Waals surface area contributed by atoms with E-state index in [1.165, 1.54) is 69.8 Å². The van der Waals surface area contributed by atoms with Crippen LogP contribution in [-0.2, 0) is 6.42 Å². The number of hydrogen-bond acceptors (Lipinski definition) is 2. The molecule has 1 aliphatic carbocycles. The first-order valence-corrected chi connectivity index (χ1v) is 10.8. The molecule has 0 bridgehead atoms. The Balaban J connectivity index is 0.00000392. The number of halogens is 1. The van der Waals surface area contributed by atoms with E-state index in [9.17, 15) is 4.79 Å². The highest BCUT2D eigenvalue weighted by Crippen LogP contribution is 2.35. The number of amides is 1. The number of carbonyl (C=O) groups excluding carboxylic acids is 1. The first kappa shape index (κ1) is 24.5. The maximum absolute atomic E-state index is 12.4. The SMILES string of the molecule is CCCCCCCCCCCCc1cccc(C(=O)NC2(C(=N)N)CC2)c1.Cl. The van der Waals surface area contributed by atoms with Crippen LogP contribution in [0.4, 0.5) is 0 Å². The maximum Gasteiger partial charge on any atom is 0.252 e. The predicted octanol–water partition coefficient (Wildman–Crippen LogP) is 5.77. The molecule has 0 atom stereocenters. The molecule has 1 amide bonds. The minimum atomic E-state index is -0.580. The van der Waals surface area contributed by atoms with E-state index in [1.54, 1.807) is 0 Å². The quantitative estimate of drug-likeness (QED) is 0.208. The molecule has 0 aliphatic heterocycles. The maximum atomic E-state index is 12.4. The minimum Gasteiger partial charge on any atom is -0.386 e. The van der Waals surface area contributed by atoms with Gasteiger partial charge in [0.1, 0.15) is 5.84 Å². The third kappa shape index (κ3) is 8.22. The molecule has 5 heteroatoms. The average Bonchev–Trinajstić information content (AvgIpc) is 3.44. The topological polar surface area (TPSA) is 79.0 Å². The number of hydrogen-bond donors (Lipinski definition) is 3. The smallest absolute Gasteiger partial charge is 0.252 e. The van der Waals surface area contributed by atoms with Crippen molar-refractivity contribution in [3.05, 3.63) is 35.4 Å². The number of benzene rings is 1. The van der Waals surface area contributed by atoms with Crippen molar-refractivity contribution >= 4 is 24.1 Å². The van der Waals surface area contributed by atoms with Crippen molar-refractivity contribution in [3.63, 3.8) is 0 Å². The molecule has 4 N–H and O–H groups in total. The Bertz CT molecular complexity index is 614. The van der Waals surface area contributed by atoms with Crippen LogP contribution in [0.25, 0.3) is 0 Å². The van der Waals surface area contributed by atoms with Gasteiger partial charge in [0.25, 0.3) is 5.91 Å². The van der Waals surface area contributed by atoms with E-state index >= 15 is 0 Å². The normalized spacial score (nSPS) is 14.2. The zero-order chi connectivity index (χ0) is 19.5. The Morgan fingerprint density at radius 3 is 2.14 bits per heavy atom. The van der Waals surface area contributed by atoms with Crippen molar-refractivity contribution in [3.8, 4) is 0 Å². The van der Waals surface area contributed by atoms with Crippen molar-refractivity contribution < 1.29 is 4.79 Å². The summed E-state index contributed by atoms with van der Waals surface area (Å²) in [5, 5.41) is 10.6. The molecule has 0 unspecified atom stereocenters. The molecule has 0 heterocycles. The number of aryl methyl sites for hydroxylation is 1. The van der Waals surface area contributed by atoms with E-state index < -0.39 is 5.54 Å². The van der Waals surface area contributed by atoms with Gasteiger partial charge in [0.15, 0.2) is 0 Å². The van der Waals surface area contributed by atoms with Crippen LogP contribution in [0.1, 0.15) is 99.9 Å². The Kier molecular flexibility index (Phi) is 11.2. The third-order valence-electron chi connectivity index (χ3n) is 5.63. The van der Waals surface area contributed by atoms with Gasteiger partial charge in [-0.1, -0.05) is 76.8 Å². The molecule has 1 aromatic carbocycles. The summed E-state index contributed by atoms with van der Waals surface area (Å²) in [5.41, 5.74) is 6.91. The lowest BCUT2D eigenvalue weighted by Gasteiger charge is -2.16. The van der Waals surface area contributed by atoms with Crippen LogP contribution < -0.4 is 11.1 Å². The van der Waals surface area contributed by atoms with E-state index in [1.807, 2.05) is 18.2 Å². The highest BCUT2D eigenvalue weighted by atomic mass is 35.5. The molecule has 1 fully saturated rings. The van der Waals surface area contributed by atoms with Gasteiger partial charge in [0.05, 0.1) is 5.54 Å². The molecule has 0 saturated heterocycles. The summed E-state index contributed by atoms with van der Waals surface area (Å²) in [6.45, 7) is 2.26. The first-order valence-electron chi connectivity index (χ1n) is 10.8. The van der Waals surface area contributed by atoms with E-state index in [4.69, 9.17) is 11.1 Å². The van der Waals surface area contributed by atoms with Crippen molar-refractivity contribution in [2.24, 2.45) is 5.73 Å². The molecule has 0 spiro atoms. The summed E-state index contributed by atoms with van der Waals surface area (Å²) < 4.78 is 0. The fourth-order valence-electron chi connectivity index (χ4n) is 3.56. The summed E-state index contributed by atoms with van der Waals surface area (Å²) in [5.74, 6) is -0.0509. The van der Waals surface area contributed by atoms with E-state index in [-0.39, 0.29) is 24.1 Å². The van der Waals surface area contributed by atoms with Gasteiger partial charge in [0.2, 0.25) is 0 Å². The number of unbranched alkanes of at least 4 members (excludes halogenated alkanes) is 9. The van der Waals surface area contributed by atoms with Gasteiger partial charge < -0.3 is 11.1 Å². The van der Waals surface area contributed by atoms with Crippen molar-refractivity contribution in [1.82, 2.24) is 5.32 Å². The Labute approximate surface area is 177 Å². The van der Waals surface area contributed by atoms with Crippen molar-refractivity contribution in [2.75, 3.05) is 0 Å². The van der Waals surface area contributed by atoms with Crippen LogP contribution in [0, 0.1) is 5.41 Å². The van der Waals surface area contributed by atoms with Crippen LogP contribution in [0.5, 0.6) is 0 Å². The van der Waals surface area contributed by atoms with E-state index in [2.05, 4.69) is 18.3 Å². The molecule has 1 aliphatic rings. The Hall–Kier alpha value is -1.55. The van der Waals surface area contributed by atoms with Gasteiger partial charge in [-0.15, -0.1) is 12.4 Å². The first-order chi connectivity index (χ1) is 13.1. The second-order valence-electron chi connectivity index (χ2n) is 8.08. The summed E-state index contributed by atoms with van der Waals surface area (Å²) >= 11 is 0. The van der Waals surface area contributed by atoms with Gasteiger partial charge in [-0.2, -0.15) is 0 Å². The standard InChI is InChI=1S/C23H37N3O.ClH/c1-2-3-4-5-6-7-8-9-10-11-13-19-14-12-15-20(18-19)21(27)26-23(16-17-23)22(24)25;/h12,14-15,18H,2-11,13,16-17H2,1H3,(H3,24,25)(H,26,27);1H. The van der Waals surface area contributed by atoms with Gasteiger partial charge in [-0.3, -0.25) is 10.2 Å². The van der Waals surface area contributed by atoms with Gasteiger partial charge in [0, 0.05) is 5.56 Å². The predicted molar refractivity (Wildman–Crippen MR) is 121 cm³/mol. The highest BCUT2D eigenvalue weighted by molar-refractivity contribution is 6.01. The van der Waals surface area contributed by atoms with Crippen LogP contribution in [-0.4, -0.2) is 17.3 Å². The van der Waals surface area contributed by atoms with Crippen molar-refractivity contribution in [1.29, 1.82) is 5.41 Å². The number of carbonyl (C=O) groups is 1. The van der Waals surface area contributed by atoms with Gasteiger partial charge in [-0.25, -0.2) is 0 Å². The fourth-order valence-corrected chi connectivity index (χ4v) is 3.56. The molecular weight excluding hydrogens is 370 g/mol. The van der Waals surface area contributed by atoms with Crippen LogP contribution in [0.15, 0.2) is 24.3 Å². The highest BCUT2D eigenvalue weighted by Gasteiger charge is 2.47.